The fraction of sp³-hybridized carbons (Fsp3) is 0.125. The SMILES string of the molecule is COc1ccc2c(Cn3cc([N+](=O)[O-])ccc3=O)cc(=O)oc2c1. The molecule has 0 fully saturated rings. The van der Waals surface area contributed by atoms with Crippen molar-refractivity contribution in [3.8, 4) is 5.75 Å². The lowest BCUT2D eigenvalue weighted by Crippen LogP contribution is -2.20. The molecule has 0 radical (unpaired) electrons. The number of hydrogen-bond donors (Lipinski definition) is 0. The van der Waals surface area contributed by atoms with Gasteiger partial charge in [0, 0.05) is 29.7 Å². The Kier molecular flexibility index (Phi) is 3.87. The largest absolute Gasteiger partial charge is 0.497 e. The Morgan fingerprint density at radius 1 is 1.21 bits per heavy atom. The van der Waals surface area contributed by atoms with Crippen LogP contribution in [0.2, 0.25) is 0 Å². The van der Waals surface area contributed by atoms with Gasteiger partial charge in [-0.15, -0.1) is 0 Å². The molecule has 8 nitrogen and oxygen atoms in total. The molecule has 0 atom stereocenters. The summed E-state index contributed by atoms with van der Waals surface area (Å²) in [5.74, 6) is 0.523. The van der Waals surface area contributed by atoms with Gasteiger partial charge < -0.3 is 13.7 Å². The molecular weight excluding hydrogens is 316 g/mol. The van der Waals surface area contributed by atoms with Gasteiger partial charge in [0.25, 0.3) is 11.2 Å². The van der Waals surface area contributed by atoms with Crippen LogP contribution < -0.4 is 15.9 Å². The highest BCUT2D eigenvalue weighted by molar-refractivity contribution is 5.81. The molecule has 0 N–H and O–H groups in total. The molecule has 0 aliphatic rings. The highest BCUT2D eigenvalue weighted by Crippen LogP contribution is 2.23. The van der Waals surface area contributed by atoms with Gasteiger partial charge in [-0.25, -0.2) is 4.79 Å². The molecule has 3 rings (SSSR count). The van der Waals surface area contributed by atoms with Crippen LogP contribution in [0, 0.1) is 10.1 Å². The van der Waals surface area contributed by atoms with Gasteiger partial charge in [0.1, 0.15) is 11.3 Å². The number of hydrogen-bond acceptors (Lipinski definition) is 6. The van der Waals surface area contributed by atoms with E-state index in [1.165, 1.54) is 17.7 Å². The summed E-state index contributed by atoms with van der Waals surface area (Å²) in [5.41, 5.74) is -0.356. The fourth-order valence-electron chi connectivity index (χ4n) is 2.40. The molecule has 0 amide bonds. The normalized spacial score (nSPS) is 10.7. The maximum atomic E-state index is 11.9. The summed E-state index contributed by atoms with van der Waals surface area (Å²) in [5, 5.41) is 11.5. The van der Waals surface area contributed by atoms with Crippen molar-refractivity contribution in [1.29, 1.82) is 0 Å². The highest BCUT2D eigenvalue weighted by Gasteiger charge is 2.11. The Morgan fingerprint density at radius 2 is 2.00 bits per heavy atom. The lowest BCUT2D eigenvalue weighted by molar-refractivity contribution is -0.385. The smallest absolute Gasteiger partial charge is 0.336 e. The Balaban J connectivity index is 2.14. The molecule has 0 aliphatic heterocycles. The van der Waals surface area contributed by atoms with Crippen LogP contribution in [0.5, 0.6) is 5.75 Å². The Hall–Kier alpha value is -3.42. The van der Waals surface area contributed by atoms with Crippen molar-refractivity contribution in [3.63, 3.8) is 0 Å². The minimum Gasteiger partial charge on any atom is -0.497 e. The quantitative estimate of drug-likeness (QED) is 0.411. The van der Waals surface area contributed by atoms with Gasteiger partial charge >= 0.3 is 5.63 Å². The number of nitrogens with zero attached hydrogens (tertiary/aromatic N) is 2. The maximum absolute atomic E-state index is 11.9. The lowest BCUT2D eigenvalue weighted by Gasteiger charge is -2.09. The van der Waals surface area contributed by atoms with Crippen LogP contribution in [0.1, 0.15) is 5.56 Å². The zero-order chi connectivity index (χ0) is 17.3. The van der Waals surface area contributed by atoms with E-state index in [0.29, 0.717) is 22.3 Å². The predicted octanol–water partition coefficient (Wildman–Crippen LogP) is 1.92. The topological polar surface area (TPSA) is 105 Å². The summed E-state index contributed by atoms with van der Waals surface area (Å²) in [7, 11) is 1.49. The van der Waals surface area contributed by atoms with Gasteiger partial charge in [0.2, 0.25) is 0 Å². The minimum atomic E-state index is -0.585. The molecular formula is C16H12N2O6. The molecule has 0 spiro atoms. The van der Waals surface area contributed by atoms with E-state index in [1.54, 1.807) is 18.2 Å². The van der Waals surface area contributed by atoms with Gasteiger partial charge in [-0.3, -0.25) is 14.9 Å². The first-order chi connectivity index (χ1) is 11.5. The number of fused-ring (bicyclic) bond motifs is 1. The van der Waals surface area contributed by atoms with Crippen LogP contribution in [0.15, 0.2) is 56.6 Å². The molecule has 0 aliphatic carbocycles. The van der Waals surface area contributed by atoms with Crippen molar-refractivity contribution in [3.05, 3.63) is 79.0 Å². The molecule has 0 saturated carbocycles. The predicted molar refractivity (Wildman–Crippen MR) is 85.5 cm³/mol. The van der Waals surface area contributed by atoms with Crippen LogP contribution in [0.25, 0.3) is 11.0 Å². The maximum Gasteiger partial charge on any atom is 0.336 e. The number of methoxy groups -OCH3 is 1. The zero-order valence-electron chi connectivity index (χ0n) is 12.6. The highest BCUT2D eigenvalue weighted by atomic mass is 16.6. The van der Waals surface area contributed by atoms with E-state index < -0.39 is 16.1 Å². The van der Waals surface area contributed by atoms with Crippen molar-refractivity contribution >= 4 is 16.7 Å². The van der Waals surface area contributed by atoms with Gasteiger partial charge in [0.05, 0.1) is 24.8 Å². The van der Waals surface area contributed by atoms with E-state index in [-0.39, 0.29) is 12.2 Å². The van der Waals surface area contributed by atoms with Crippen LogP contribution in [-0.4, -0.2) is 16.6 Å². The number of pyridine rings is 1. The summed E-state index contributed by atoms with van der Waals surface area (Å²) >= 11 is 0. The molecule has 122 valence electrons. The lowest BCUT2D eigenvalue weighted by atomic mass is 10.1. The molecule has 1 aromatic carbocycles. The van der Waals surface area contributed by atoms with Gasteiger partial charge in [0.15, 0.2) is 0 Å². The Morgan fingerprint density at radius 3 is 2.71 bits per heavy atom. The number of aromatic nitrogens is 1. The third-order valence-electron chi connectivity index (χ3n) is 3.56. The molecule has 0 saturated heterocycles. The van der Waals surface area contributed by atoms with Crippen molar-refractivity contribution in [2.75, 3.05) is 7.11 Å². The molecule has 8 heteroatoms. The first-order valence-corrected chi connectivity index (χ1v) is 6.93. The number of benzene rings is 1. The van der Waals surface area contributed by atoms with E-state index in [0.717, 1.165) is 18.3 Å². The second kappa shape index (κ2) is 5.99. The third kappa shape index (κ3) is 2.89. The Labute approximate surface area is 134 Å². The molecule has 2 aromatic heterocycles. The average Bonchev–Trinajstić information content (AvgIpc) is 2.55. The minimum absolute atomic E-state index is 0.00887. The van der Waals surface area contributed by atoms with Gasteiger partial charge in [-0.05, 0) is 17.7 Å². The summed E-state index contributed by atoms with van der Waals surface area (Å²) in [6.45, 7) is 0.00887. The number of rotatable bonds is 4. The standard InChI is InChI=1S/C16H12N2O6/c1-23-12-3-4-13-10(6-16(20)24-14(13)7-12)8-17-9-11(18(21)22)2-5-15(17)19/h2-7,9H,8H2,1H3. The van der Waals surface area contributed by atoms with Crippen molar-refractivity contribution in [2.24, 2.45) is 0 Å². The third-order valence-corrected chi connectivity index (χ3v) is 3.56. The Bertz CT molecular complexity index is 1050. The van der Waals surface area contributed by atoms with E-state index in [9.17, 15) is 19.7 Å². The zero-order valence-corrected chi connectivity index (χ0v) is 12.6. The van der Waals surface area contributed by atoms with E-state index in [1.807, 2.05) is 0 Å². The molecule has 0 unspecified atom stereocenters. The molecule has 0 bridgehead atoms. The summed E-state index contributed by atoms with van der Waals surface area (Å²) < 4.78 is 11.4. The van der Waals surface area contributed by atoms with Crippen LogP contribution in [-0.2, 0) is 6.54 Å². The summed E-state index contributed by atoms with van der Waals surface area (Å²) in [6, 6.07) is 8.49. The van der Waals surface area contributed by atoms with Gasteiger partial charge in [-0.2, -0.15) is 0 Å². The fourth-order valence-corrected chi connectivity index (χ4v) is 2.40. The monoisotopic (exact) mass is 328 g/mol. The van der Waals surface area contributed by atoms with Crippen LogP contribution >= 0.6 is 0 Å². The molecule has 24 heavy (non-hydrogen) atoms. The van der Waals surface area contributed by atoms with Crippen LogP contribution in [0.3, 0.4) is 0 Å². The van der Waals surface area contributed by atoms with E-state index >= 15 is 0 Å². The number of ether oxygens (including phenoxy) is 1. The average molecular weight is 328 g/mol. The molecule has 3 aromatic rings. The number of nitro groups is 1. The van der Waals surface area contributed by atoms with Gasteiger partial charge in [-0.1, -0.05) is 0 Å². The van der Waals surface area contributed by atoms with E-state index in [4.69, 9.17) is 9.15 Å². The van der Waals surface area contributed by atoms with Crippen molar-refractivity contribution in [1.82, 2.24) is 4.57 Å². The first-order valence-electron chi connectivity index (χ1n) is 6.93. The summed E-state index contributed by atoms with van der Waals surface area (Å²) in [4.78, 5) is 34.0. The van der Waals surface area contributed by atoms with E-state index in [2.05, 4.69) is 0 Å². The molecule has 2 heterocycles. The second-order valence-electron chi connectivity index (χ2n) is 5.06. The van der Waals surface area contributed by atoms with Crippen molar-refractivity contribution < 1.29 is 14.1 Å². The summed E-state index contributed by atoms with van der Waals surface area (Å²) in [6.07, 6.45) is 1.15. The van der Waals surface area contributed by atoms with Crippen molar-refractivity contribution in [2.45, 2.75) is 6.54 Å². The first kappa shape index (κ1) is 15.5. The van der Waals surface area contributed by atoms with Crippen LogP contribution in [0.4, 0.5) is 5.69 Å². The second-order valence-corrected chi connectivity index (χ2v) is 5.06.